The van der Waals surface area contributed by atoms with Crippen molar-refractivity contribution in [2.75, 3.05) is 23.4 Å². The fourth-order valence-electron chi connectivity index (χ4n) is 2.41. The van der Waals surface area contributed by atoms with E-state index < -0.39 is 6.04 Å². The number of aliphatic hydroxyl groups is 1. The number of aliphatic hydroxyl groups excluding tert-OH is 1. The molecule has 5 nitrogen and oxygen atoms in total. The van der Waals surface area contributed by atoms with Gasteiger partial charge in [-0.25, -0.2) is 0 Å². The van der Waals surface area contributed by atoms with Crippen molar-refractivity contribution in [2.24, 2.45) is 5.73 Å². The quantitative estimate of drug-likeness (QED) is 0.775. The molecule has 0 aliphatic carbocycles. The minimum absolute atomic E-state index is 0.132. The standard InChI is InChI=1S/C14H20ClN3O2/c1-8(2)18(4-3-5-19)12-7-11-9(6-10(12)15)13(16)14(20)17-11/h6-8,13,19H,3-5,16H2,1-2H3,(H,17,20). The maximum Gasteiger partial charge on any atom is 0.245 e. The molecule has 20 heavy (non-hydrogen) atoms. The summed E-state index contributed by atoms with van der Waals surface area (Å²) in [6.07, 6.45) is 0.664. The van der Waals surface area contributed by atoms with E-state index in [1.807, 2.05) is 6.07 Å². The van der Waals surface area contributed by atoms with Crippen LogP contribution in [0.4, 0.5) is 11.4 Å². The number of carbonyl (C=O) groups is 1. The number of nitrogens with two attached hydrogens (primary N) is 1. The first-order valence-corrected chi connectivity index (χ1v) is 7.11. The Labute approximate surface area is 123 Å². The molecule has 4 N–H and O–H groups in total. The molecule has 1 amide bonds. The van der Waals surface area contributed by atoms with Gasteiger partial charge in [-0.1, -0.05) is 11.6 Å². The Balaban J connectivity index is 2.37. The van der Waals surface area contributed by atoms with Gasteiger partial charge in [0.05, 0.1) is 10.7 Å². The Morgan fingerprint density at radius 2 is 2.20 bits per heavy atom. The van der Waals surface area contributed by atoms with Gasteiger partial charge < -0.3 is 21.1 Å². The van der Waals surface area contributed by atoms with E-state index in [0.717, 1.165) is 16.9 Å². The lowest BCUT2D eigenvalue weighted by molar-refractivity contribution is -0.116. The number of halogens is 1. The lowest BCUT2D eigenvalue weighted by atomic mass is 10.1. The SMILES string of the molecule is CC(C)N(CCCO)c1cc2c(cc1Cl)C(N)C(=O)N2. The number of fused-ring (bicyclic) bond motifs is 1. The number of hydrogen-bond donors (Lipinski definition) is 3. The van der Waals surface area contributed by atoms with Crippen LogP contribution in [-0.4, -0.2) is 30.2 Å². The zero-order valence-corrected chi connectivity index (χ0v) is 12.4. The third kappa shape index (κ3) is 2.75. The van der Waals surface area contributed by atoms with Gasteiger partial charge in [0.15, 0.2) is 0 Å². The molecule has 1 unspecified atom stereocenters. The van der Waals surface area contributed by atoms with E-state index in [1.54, 1.807) is 6.07 Å². The third-order valence-corrected chi connectivity index (χ3v) is 3.79. The highest BCUT2D eigenvalue weighted by Gasteiger charge is 2.29. The Bertz CT molecular complexity index is 519. The van der Waals surface area contributed by atoms with E-state index in [-0.39, 0.29) is 18.6 Å². The van der Waals surface area contributed by atoms with Crippen molar-refractivity contribution in [3.8, 4) is 0 Å². The van der Waals surface area contributed by atoms with Gasteiger partial charge in [-0.2, -0.15) is 0 Å². The Morgan fingerprint density at radius 3 is 2.80 bits per heavy atom. The van der Waals surface area contributed by atoms with Gasteiger partial charge in [0.1, 0.15) is 6.04 Å². The number of benzene rings is 1. The molecule has 0 saturated carbocycles. The molecule has 0 radical (unpaired) electrons. The van der Waals surface area contributed by atoms with Crippen LogP contribution < -0.4 is 16.0 Å². The molecule has 2 rings (SSSR count). The van der Waals surface area contributed by atoms with E-state index in [4.69, 9.17) is 22.4 Å². The average molecular weight is 298 g/mol. The van der Waals surface area contributed by atoms with Crippen LogP contribution in [0.2, 0.25) is 5.02 Å². The van der Waals surface area contributed by atoms with Crippen LogP contribution >= 0.6 is 11.6 Å². The van der Waals surface area contributed by atoms with Crippen LogP contribution in [-0.2, 0) is 4.79 Å². The number of amides is 1. The molecular formula is C14H20ClN3O2. The van der Waals surface area contributed by atoms with Gasteiger partial charge in [-0.15, -0.1) is 0 Å². The van der Waals surface area contributed by atoms with Crippen LogP contribution in [0.1, 0.15) is 31.9 Å². The van der Waals surface area contributed by atoms with E-state index in [9.17, 15) is 4.79 Å². The Hall–Kier alpha value is -1.30. The average Bonchev–Trinajstić information content (AvgIpc) is 2.66. The first kappa shape index (κ1) is 15.1. The van der Waals surface area contributed by atoms with Crippen LogP contribution in [0.15, 0.2) is 12.1 Å². The van der Waals surface area contributed by atoms with Gasteiger partial charge in [0.2, 0.25) is 5.91 Å². The fraction of sp³-hybridized carbons (Fsp3) is 0.500. The maximum atomic E-state index is 11.6. The predicted octanol–water partition coefficient (Wildman–Crippen LogP) is 1.89. The van der Waals surface area contributed by atoms with E-state index in [2.05, 4.69) is 24.1 Å². The van der Waals surface area contributed by atoms with Crippen molar-refractivity contribution in [3.05, 3.63) is 22.7 Å². The second-order valence-electron chi connectivity index (χ2n) is 5.22. The molecule has 1 aliphatic rings. The van der Waals surface area contributed by atoms with Crippen LogP contribution in [0.3, 0.4) is 0 Å². The van der Waals surface area contributed by atoms with Crippen LogP contribution in [0.5, 0.6) is 0 Å². The minimum atomic E-state index is -0.651. The molecule has 0 saturated heterocycles. The van der Waals surface area contributed by atoms with Crippen molar-refractivity contribution in [1.82, 2.24) is 0 Å². The van der Waals surface area contributed by atoms with Crippen molar-refractivity contribution in [3.63, 3.8) is 0 Å². The van der Waals surface area contributed by atoms with Gasteiger partial charge in [0.25, 0.3) is 0 Å². The lowest BCUT2D eigenvalue weighted by Gasteiger charge is -2.30. The molecule has 1 heterocycles. The molecule has 1 aliphatic heterocycles. The van der Waals surface area contributed by atoms with Crippen LogP contribution in [0.25, 0.3) is 0 Å². The highest BCUT2D eigenvalue weighted by atomic mass is 35.5. The number of nitrogens with zero attached hydrogens (tertiary/aromatic N) is 1. The summed E-state index contributed by atoms with van der Waals surface area (Å²) in [5, 5.41) is 12.3. The Kier molecular flexibility index (Phi) is 4.52. The monoisotopic (exact) mass is 297 g/mol. The summed E-state index contributed by atoms with van der Waals surface area (Å²) >= 11 is 6.34. The summed E-state index contributed by atoms with van der Waals surface area (Å²) in [5.41, 5.74) is 8.11. The van der Waals surface area contributed by atoms with Gasteiger partial charge in [0, 0.05) is 30.4 Å². The molecule has 1 atom stereocenters. The highest BCUT2D eigenvalue weighted by Crippen LogP contribution is 2.38. The normalized spacial score (nSPS) is 17.3. The van der Waals surface area contributed by atoms with Crippen LogP contribution in [0, 0.1) is 0 Å². The topological polar surface area (TPSA) is 78.6 Å². The van der Waals surface area contributed by atoms with Crippen molar-refractivity contribution >= 4 is 28.9 Å². The molecule has 110 valence electrons. The molecule has 1 aromatic rings. The first-order valence-electron chi connectivity index (χ1n) is 6.73. The summed E-state index contributed by atoms with van der Waals surface area (Å²) in [5.74, 6) is -0.209. The highest BCUT2D eigenvalue weighted by molar-refractivity contribution is 6.33. The number of rotatable bonds is 5. The van der Waals surface area contributed by atoms with E-state index >= 15 is 0 Å². The molecule has 1 aromatic carbocycles. The van der Waals surface area contributed by atoms with E-state index in [0.29, 0.717) is 18.0 Å². The Morgan fingerprint density at radius 1 is 1.50 bits per heavy atom. The molecular weight excluding hydrogens is 278 g/mol. The van der Waals surface area contributed by atoms with E-state index in [1.165, 1.54) is 0 Å². The second-order valence-corrected chi connectivity index (χ2v) is 5.63. The summed E-state index contributed by atoms with van der Waals surface area (Å²) in [4.78, 5) is 13.7. The number of hydrogen-bond acceptors (Lipinski definition) is 4. The largest absolute Gasteiger partial charge is 0.396 e. The maximum absolute atomic E-state index is 11.6. The fourth-order valence-corrected chi connectivity index (χ4v) is 2.69. The number of nitrogens with one attached hydrogen (secondary N) is 1. The number of anilines is 2. The van der Waals surface area contributed by atoms with Gasteiger partial charge >= 0.3 is 0 Å². The smallest absolute Gasteiger partial charge is 0.245 e. The lowest BCUT2D eigenvalue weighted by Crippen LogP contribution is -2.32. The summed E-state index contributed by atoms with van der Waals surface area (Å²) in [7, 11) is 0. The third-order valence-electron chi connectivity index (χ3n) is 3.48. The molecule has 6 heteroatoms. The van der Waals surface area contributed by atoms with Crippen molar-refractivity contribution in [2.45, 2.75) is 32.4 Å². The molecule has 0 aromatic heterocycles. The zero-order chi connectivity index (χ0) is 14.9. The number of carbonyl (C=O) groups excluding carboxylic acids is 1. The molecule has 0 bridgehead atoms. The van der Waals surface area contributed by atoms with Crippen molar-refractivity contribution < 1.29 is 9.90 Å². The van der Waals surface area contributed by atoms with Crippen molar-refractivity contribution in [1.29, 1.82) is 0 Å². The zero-order valence-electron chi connectivity index (χ0n) is 11.7. The summed E-state index contributed by atoms with van der Waals surface area (Å²) in [6.45, 7) is 4.95. The van der Waals surface area contributed by atoms with Gasteiger partial charge in [-0.05, 0) is 32.4 Å². The van der Waals surface area contributed by atoms with Gasteiger partial charge in [-0.3, -0.25) is 4.79 Å². The molecule has 0 spiro atoms. The predicted molar refractivity (Wildman–Crippen MR) is 81.2 cm³/mol. The summed E-state index contributed by atoms with van der Waals surface area (Å²) in [6, 6.07) is 3.20. The molecule has 0 fully saturated rings. The second kappa shape index (κ2) is 5.99. The minimum Gasteiger partial charge on any atom is -0.396 e. The summed E-state index contributed by atoms with van der Waals surface area (Å²) < 4.78 is 0. The first-order chi connectivity index (χ1) is 9.45.